The number of nitrogens with zero attached hydrogens (tertiary/aromatic N) is 1. The third-order valence-electron chi connectivity index (χ3n) is 5.84. The Bertz CT molecular complexity index is 1150. The molecule has 1 aliphatic rings. The predicted octanol–water partition coefficient (Wildman–Crippen LogP) is 4.02. The number of hydrogen-bond acceptors (Lipinski definition) is 4. The highest BCUT2D eigenvalue weighted by Crippen LogP contribution is 2.28. The Morgan fingerprint density at radius 1 is 1.29 bits per heavy atom. The summed E-state index contributed by atoms with van der Waals surface area (Å²) < 4.78 is 5.46. The molecule has 31 heavy (non-hydrogen) atoms. The molecule has 3 aromatic rings. The van der Waals surface area contributed by atoms with E-state index in [9.17, 15) is 4.79 Å². The van der Waals surface area contributed by atoms with Gasteiger partial charge < -0.3 is 15.8 Å². The molecule has 5 nitrogen and oxygen atoms in total. The van der Waals surface area contributed by atoms with Gasteiger partial charge in [-0.15, -0.1) is 6.42 Å². The molecule has 5 heteroatoms. The topological polar surface area (TPSA) is 77.2 Å². The lowest BCUT2D eigenvalue weighted by Gasteiger charge is -2.27. The summed E-state index contributed by atoms with van der Waals surface area (Å²) >= 11 is 0. The number of ether oxygens (including phenoxy) is 1. The lowest BCUT2D eigenvalue weighted by atomic mass is 9.98. The van der Waals surface area contributed by atoms with Crippen LogP contribution in [0.2, 0.25) is 0 Å². The third-order valence-corrected chi connectivity index (χ3v) is 5.84. The number of carbonyl (C=O) groups is 1. The van der Waals surface area contributed by atoms with E-state index in [1.54, 1.807) is 0 Å². The Morgan fingerprint density at radius 2 is 2.13 bits per heavy atom. The molecule has 0 spiro atoms. The second-order valence-electron chi connectivity index (χ2n) is 8.07. The van der Waals surface area contributed by atoms with Crippen LogP contribution in [0.4, 0.5) is 5.82 Å². The summed E-state index contributed by atoms with van der Waals surface area (Å²) in [6, 6.07) is 16.6. The van der Waals surface area contributed by atoms with Crippen LogP contribution in [-0.4, -0.2) is 29.6 Å². The van der Waals surface area contributed by atoms with Crippen molar-refractivity contribution < 1.29 is 9.53 Å². The summed E-state index contributed by atoms with van der Waals surface area (Å²) in [5, 5.41) is 4.09. The van der Waals surface area contributed by atoms with E-state index >= 15 is 0 Å². The largest absolute Gasteiger partial charge is 0.383 e. The number of amides is 1. The van der Waals surface area contributed by atoms with E-state index in [-0.39, 0.29) is 18.1 Å². The molecule has 2 atom stereocenters. The summed E-state index contributed by atoms with van der Waals surface area (Å²) in [6.45, 7) is 2.68. The van der Waals surface area contributed by atoms with E-state index in [0.29, 0.717) is 31.7 Å². The normalized spacial score (nSPS) is 18.5. The van der Waals surface area contributed by atoms with Crippen molar-refractivity contribution in [3.8, 4) is 23.5 Å². The second-order valence-corrected chi connectivity index (χ2v) is 8.07. The van der Waals surface area contributed by atoms with Gasteiger partial charge in [-0.05, 0) is 60.2 Å². The standard InChI is InChI=1S/C26H27N3O2/c1-3-22-16-21(12-13-31-22)28-25(30)11-9-19-15-20-14-18(8-10-24(20)29-26(19)27)23-7-5-4-6-17(23)2/h1,4-8,10,14-15,21-22H,9,11-13,16H2,2H3,(H2,27,29)(H,28,30). The summed E-state index contributed by atoms with van der Waals surface area (Å²) in [7, 11) is 0. The first kappa shape index (κ1) is 20.9. The van der Waals surface area contributed by atoms with Gasteiger partial charge in [-0.1, -0.05) is 36.3 Å². The zero-order valence-corrected chi connectivity index (χ0v) is 17.7. The maximum Gasteiger partial charge on any atom is 0.220 e. The number of anilines is 1. The minimum Gasteiger partial charge on any atom is -0.383 e. The maximum atomic E-state index is 12.5. The molecule has 158 valence electrons. The van der Waals surface area contributed by atoms with E-state index in [1.807, 2.05) is 18.2 Å². The first-order valence-electron chi connectivity index (χ1n) is 10.7. The van der Waals surface area contributed by atoms with Crippen LogP contribution in [0.3, 0.4) is 0 Å². The zero-order chi connectivity index (χ0) is 21.8. The van der Waals surface area contributed by atoms with Crippen molar-refractivity contribution in [2.45, 2.75) is 44.8 Å². The molecule has 1 fully saturated rings. The van der Waals surface area contributed by atoms with Crippen molar-refractivity contribution in [3.63, 3.8) is 0 Å². The Morgan fingerprint density at radius 3 is 2.94 bits per heavy atom. The van der Waals surface area contributed by atoms with Gasteiger partial charge in [0.25, 0.3) is 0 Å². The number of hydrogen-bond donors (Lipinski definition) is 2. The van der Waals surface area contributed by atoms with Crippen molar-refractivity contribution in [2.24, 2.45) is 0 Å². The summed E-state index contributed by atoms with van der Waals surface area (Å²) in [6.07, 6.45) is 7.55. The summed E-state index contributed by atoms with van der Waals surface area (Å²) in [5.41, 5.74) is 11.5. The highest BCUT2D eigenvalue weighted by atomic mass is 16.5. The summed E-state index contributed by atoms with van der Waals surface area (Å²) in [5.74, 6) is 3.08. The van der Waals surface area contributed by atoms with Crippen LogP contribution < -0.4 is 11.1 Å². The number of aryl methyl sites for hydroxylation is 2. The van der Waals surface area contributed by atoms with Crippen LogP contribution in [0.15, 0.2) is 48.5 Å². The fourth-order valence-corrected chi connectivity index (χ4v) is 4.09. The quantitative estimate of drug-likeness (QED) is 0.620. The van der Waals surface area contributed by atoms with Crippen molar-refractivity contribution in [1.82, 2.24) is 10.3 Å². The van der Waals surface area contributed by atoms with Gasteiger partial charge in [0, 0.05) is 24.3 Å². The average molecular weight is 414 g/mol. The molecule has 0 radical (unpaired) electrons. The van der Waals surface area contributed by atoms with Gasteiger partial charge >= 0.3 is 0 Å². The number of rotatable bonds is 5. The smallest absolute Gasteiger partial charge is 0.220 e. The van der Waals surface area contributed by atoms with Gasteiger partial charge in [0.05, 0.1) is 12.1 Å². The van der Waals surface area contributed by atoms with Gasteiger partial charge in [0.2, 0.25) is 5.91 Å². The van der Waals surface area contributed by atoms with Crippen LogP contribution in [0.25, 0.3) is 22.0 Å². The van der Waals surface area contributed by atoms with Crippen molar-refractivity contribution in [2.75, 3.05) is 12.3 Å². The molecule has 2 aromatic carbocycles. The molecular weight excluding hydrogens is 386 g/mol. The van der Waals surface area contributed by atoms with Crippen LogP contribution in [0.5, 0.6) is 0 Å². The average Bonchev–Trinajstić information content (AvgIpc) is 2.78. The van der Waals surface area contributed by atoms with Gasteiger partial charge in [0.15, 0.2) is 0 Å². The monoisotopic (exact) mass is 413 g/mol. The van der Waals surface area contributed by atoms with E-state index in [1.165, 1.54) is 11.1 Å². The van der Waals surface area contributed by atoms with Gasteiger partial charge in [0.1, 0.15) is 11.9 Å². The van der Waals surface area contributed by atoms with Crippen molar-refractivity contribution in [3.05, 3.63) is 59.7 Å². The molecule has 1 amide bonds. The van der Waals surface area contributed by atoms with Crippen LogP contribution in [0, 0.1) is 19.3 Å². The maximum absolute atomic E-state index is 12.5. The first-order chi connectivity index (χ1) is 15.0. The number of nitrogens with one attached hydrogen (secondary N) is 1. The van der Waals surface area contributed by atoms with E-state index in [4.69, 9.17) is 16.9 Å². The molecule has 3 N–H and O–H groups in total. The molecular formula is C26H27N3O2. The van der Waals surface area contributed by atoms with E-state index < -0.39 is 0 Å². The first-order valence-corrected chi connectivity index (χ1v) is 10.7. The van der Waals surface area contributed by atoms with Crippen LogP contribution >= 0.6 is 0 Å². The van der Waals surface area contributed by atoms with Crippen LogP contribution in [-0.2, 0) is 16.0 Å². The predicted molar refractivity (Wildman–Crippen MR) is 124 cm³/mol. The number of nitrogens with two attached hydrogens (primary N) is 1. The molecule has 2 unspecified atom stereocenters. The number of fused-ring (bicyclic) bond motifs is 1. The Labute approximate surface area is 183 Å². The van der Waals surface area contributed by atoms with Crippen molar-refractivity contribution >= 4 is 22.6 Å². The Hall–Kier alpha value is -3.36. The molecule has 1 saturated heterocycles. The molecule has 0 bridgehead atoms. The van der Waals surface area contributed by atoms with Gasteiger partial charge in [-0.3, -0.25) is 4.79 Å². The number of terminal acetylenes is 1. The highest BCUT2D eigenvalue weighted by molar-refractivity contribution is 5.87. The van der Waals surface area contributed by atoms with E-state index in [0.717, 1.165) is 28.5 Å². The number of pyridine rings is 1. The lowest BCUT2D eigenvalue weighted by Crippen LogP contribution is -2.41. The van der Waals surface area contributed by atoms with Crippen molar-refractivity contribution in [1.29, 1.82) is 0 Å². The van der Waals surface area contributed by atoms with Gasteiger partial charge in [-0.25, -0.2) is 4.98 Å². The highest BCUT2D eigenvalue weighted by Gasteiger charge is 2.22. The summed E-state index contributed by atoms with van der Waals surface area (Å²) in [4.78, 5) is 17.0. The van der Waals surface area contributed by atoms with E-state index in [2.05, 4.69) is 53.5 Å². The molecule has 0 saturated carbocycles. The fraction of sp³-hybridized carbons (Fsp3) is 0.308. The minimum absolute atomic E-state index is 0.00386. The molecule has 4 rings (SSSR count). The minimum atomic E-state index is -0.221. The Kier molecular flexibility index (Phi) is 6.20. The fourth-order valence-electron chi connectivity index (χ4n) is 4.09. The number of aromatic nitrogens is 1. The zero-order valence-electron chi connectivity index (χ0n) is 17.7. The third kappa shape index (κ3) is 4.87. The van der Waals surface area contributed by atoms with Gasteiger partial charge in [-0.2, -0.15) is 0 Å². The van der Waals surface area contributed by atoms with Crippen LogP contribution in [0.1, 0.15) is 30.4 Å². The number of nitrogen functional groups attached to an aromatic ring is 1. The lowest BCUT2D eigenvalue weighted by molar-refractivity contribution is -0.122. The molecule has 1 aromatic heterocycles. The number of carbonyl (C=O) groups excluding carboxylic acids is 1. The SMILES string of the molecule is C#CC1CC(NC(=O)CCc2cc3cc(-c4ccccc4C)ccc3nc2N)CCO1. The Balaban J connectivity index is 1.47. The molecule has 2 heterocycles. The number of benzene rings is 2. The second kappa shape index (κ2) is 9.20. The molecule has 0 aliphatic carbocycles. The molecule has 1 aliphatic heterocycles.